The summed E-state index contributed by atoms with van der Waals surface area (Å²) in [5, 5.41) is 9.49. The molecule has 6 rings (SSSR count). The zero-order valence-corrected chi connectivity index (χ0v) is 22.2. The molecule has 1 saturated carbocycles. The standard InChI is InChI=1S/C31H33N5OS/c37-28(33-25-16-8-11-22-10-4-5-14-24(22)25)18-21-36-30(29(34-31(36)38)26-15-6-7-19-32-26)27-17-9-20-35(27)23-12-2-1-3-13-23/h4-11,14-17,19-20,23,29-30H,1-3,12-13,18,21H2,(H,33,37)(H,34,38)/t29-,30-/m0/s1. The van der Waals surface area contributed by atoms with Crippen LogP contribution in [-0.2, 0) is 4.79 Å². The summed E-state index contributed by atoms with van der Waals surface area (Å²) in [6.07, 6.45) is 10.6. The minimum atomic E-state index is -0.0814. The molecule has 0 unspecified atom stereocenters. The number of carbonyl (C=O) groups is 1. The monoisotopic (exact) mass is 523 g/mol. The van der Waals surface area contributed by atoms with E-state index < -0.39 is 0 Å². The molecule has 0 bridgehead atoms. The van der Waals surface area contributed by atoms with Crippen LogP contribution in [0, 0.1) is 0 Å². The number of benzene rings is 2. The Morgan fingerprint density at radius 2 is 1.79 bits per heavy atom. The third-order valence-corrected chi connectivity index (χ3v) is 8.28. The average molecular weight is 524 g/mol. The third-order valence-electron chi connectivity index (χ3n) is 7.92. The molecule has 1 saturated heterocycles. The van der Waals surface area contributed by atoms with Crippen molar-refractivity contribution in [2.75, 3.05) is 11.9 Å². The highest BCUT2D eigenvalue weighted by Gasteiger charge is 2.41. The number of pyridine rings is 1. The van der Waals surface area contributed by atoms with Crippen LogP contribution >= 0.6 is 12.2 Å². The third kappa shape index (κ3) is 4.90. The van der Waals surface area contributed by atoms with Crippen molar-refractivity contribution in [1.82, 2.24) is 19.8 Å². The number of fused-ring (bicyclic) bond motifs is 1. The molecule has 194 valence electrons. The quantitative estimate of drug-likeness (QED) is 0.269. The lowest BCUT2D eigenvalue weighted by molar-refractivity contribution is -0.116. The number of anilines is 1. The number of thiocarbonyl (C=S) groups is 1. The van der Waals surface area contributed by atoms with Gasteiger partial charge in [-0.1, -0.05) is 61.7 Å². The predicted molar refractivity (Wildman–Crippen MR) is 156 cm³/mol. The number of aromatic nitrogens is 2. The first-order valence-electron chi connectivity index (χ1n) is 13.6. The molecule has 2 N–H and O–H groups in total. The van der Waals surface area contributed by atoms with Gasteiger partial charge >= 0.3 is 0 Å². The lowest BCUT2D eigenvalue weighted by Gasteiger charge is -2.32. The molecule has 2 aliphatic rings. The number of carbonyl (C=O) groups excluding carboxylic acids is 1. The Morgan fingerprint density at radius 3 is 2.63 bits per heavy atom. The molecule has 2 aromatic heterocycles. The van der Waals surface area contributed by atoms with Gasteiger partial charge in [-0.25, -0.2) is 0 Å². The molecule has 3 heterocycles. The molecule has 7 heteroatoms. The predicted octanol–water partition coefficient (Wildman–Crippen LogP) is 6.54. The van der Waals surface area contributed by atoms with E-state index in [4.69, 9.17) is 12.2 Å². The molecular weight excluding hydrogens is 490 g/mol. The van der Waals surface area contributed by atoms with Crippen molar-refractivity contribution in [3.05, 3.63) is 96.6 Å². The Labute approximate surface area is 229 Å². The van der Waals surface area contributed by atoms with Gasteiger partial charge in [-0.15, -0.1) is 0 Å². The fourth-order valence-electron chi connectivity index (χ4n) is 6.09. The van der Waals surface area contributed by atoms with Gasteiger partial charge in [-0.05, 0) is 60.8 Å². The molecule has 0 spiro atoms. The van der Waals surface area contributed by atoms with Gasteiger partial charge in [-0.3, -0.25) is 9.78 Å². The molecule has 2 aromatic carbocycles. The van der Waals surface area contributed by atoms with Gasteiger partial charge in [-0.2, -0.15) is 0 Å². The van der Waals surface area contributed by atoms with Crippen molar-refractivity contribution >= 4 is 39.7 Å². The molecule has 1 amide bonds. The molecule has 38 heavy (non-hydrogen) atoms. The van der Waals surface area contributed by atoms with E-state index in [1.807, 2.05) is 48.7 Å². The molecule has 6 nitrogen and oxygen atoms in total. The molecular formula is C31H33N5OS. The first-order valence-corrected chi connectivity index (χ1v) is 14.0. The SMILES string of the molecule is O=C(CCN1C(=S)N[C@@H](c2ccccn2)[C@@H]1c1cccn1C1CCCCC1)Nc1cccc2ccccc12. The summed E-state index contributed by atoms with van der Waals surface area (Å²) in [6, 6.07) is 24.8. The maximum absolute atomic E-state index is 13.2. The van der Waals surface area contributed by atoms with Crippen LogP contribution in [0.4, 0.5) is 5.69 Å². The van der Waals surface area contributed by atoms with Crippen molar-refractivity contribution in [1.29, 1.82) is 0 Å². The topological polar surface area (TPSA) is 62.2 Å². The second-order valence-electron chi connectivity index (χ2n) is 10.3. The molecule has 1 aliphatic carbocycles. The lowest BCUT2D eigenvalue weighted by Crippen LogP contribution is -2.33. The molecule has 2 atom stereocenters. The fourth-order valence-corrected chi connectivity index (χ4v) is 6.42. The summed E-state index contributed by atoms with van der Waals surface area (Å²) >= 11 is 5.86. The van der Waals surface area contributed by atoms with Gasteiger partial charge in [0.1, 0.15) is 0 Å². The Balaban J connectivity index is 1.25. The lowest BCUT2D eigenvalue weighted by atomic mass is 9.94. The van der Waals surface area contributed by atoms with Crippen LogP contribution in [0.25, 0.3) is 10.8 Å². The van der Waals surface area contributed by atoms with Gasteiger partial charge in [0.25, 0.3) is 0 Å². The highest BCUT2D eigenvalue weighted by Crippen LogP contribution is 2.41. The average Bonchev–Trinajstić information content (AvgIpc) is 3.57. The Morgan fingerprint density at radius 1 is 0.974 bits per heavy atom. The first kappa shape index (κ1) is 24.6. The summed E-state index contributed by atoms with van der Waals surface area (Å²) in [5.74, 6) is -0.0214. The summed E-state index contributed by atoms with van der Waals surface area (Å²) < 4.78 is 2.46. The van der Waals surface area contributed by atoms with Crippen LogP contribution in [0.5, 0.6) is 0 Å². The summed E-state index contributed by atoms with van der Waals surface area (Å²) in [4.78, 5) is 20.0. The number of rotatable bonds is 7. The van der Waals surface area contributed by atoms with Crippen LogP contribution in [0.3, 0.4) is 0 Å². The van der Waals surface area contributed by atoms with E-state index in [-0.39, 0.29) is 18.0 Å². The van der Waals surface area contributed by atoms with Gasteiger partial charge in [0.15, 0.2) is 5.11 Å². The first-order chi connectivity index (χ1) is 18.7. The highest BCUT2D eigenvalue weighted by atomic mass is 32.1. The van der Waals surface area contributed by atoms with E-state index in [1.54, 1.807) is 0 Å². The van der Waals surface area contributed by atoms with E-state index in [0.29, 0.717) is 24.1 Å². The second kappa shape index (κ2) is 11.0. The maximum Gasteiger partial charge on any atom is 0.226 e. The molecule has 2 fully saturated rings. The Kier molecular flexibility index (Phi) is 7.10. The van der Waals surface area contributed by atoms with Crippen molar-refractivity contribution in [3.8, 4) is 0 Å². The fraction of sp³-hybridized carbons (Fsp3) is 0.323. The van der Waals surface area contributed by atoms with Gasteiger partial charge in [0.2, 0.25) is 5.91 Å². The number of nitrogens with zero attached hydrogens (tertiary/aromatic N) is 3. The van der Waals surface area contributed by atoms with Crippen molar-refractivity contribution < 1.29 is 4.79 Å². The van der Waals surface area contributed by atoms with E-state index >= 15 is 0 Å². The van der Waals surface area contributed by atoms with Crippen molar-refractivity contribution in [2.24, 2.45) is 0 Å². The number of amides is 1. The van der Waals surface area contributed by atoms with E-state index in [0.717, 1.165) is 22.2 Å². The summed E-state index contributed by atoms with van der Waals surface area (Å²) in [5.41, 5.74) is 3.03. The van der Waals surface area contributed by atoms with Crippen LogP contribution in [0.15, 0.2) is 85.2 Å². The van der Waals surface area contributed by atoms with Gasteiger partial charge in [0.05, 0.1) is 17.8 Å². The molecule has 4 aromatic rings. The van der Waals surface area contributed by atoms with E-state index in [1.165, 1.54) is 37.8 Å². The van der Waals surface area contributed by atoms with Crippen molar-refractivity contribution in [3.63, 3.8) is 0 Å². The number of hydrogen-bond donors (Lipinski definition) is 2. The molecule has 0 radical (unpaired) electrons. The molecule has 1 aliphatic heterocycles. The minimum absolute atomic E-state index is 0.0214. The van der Waals surface area contributed by atoms with Crippen molar-refractivity contribution in [2.45, 2.75) is 56.7 Å². The second-order valence-corrected chi connectivity index (χ2v) is 10.7. The smallest absolute Gasteiger partial charge is 0.226 e. The van der Waals surface area contributed by atoms with Gasteiger partial charge < -0.3 is 20.1 Å². The van der Waals surface area contributed by atoms with Crippen LogP contribution in [-0.4, -0.2) is 32.0 Å². The zero-order valence-electron chi connectivity index (χ0n) is 21.4. The zero-order chi connectivity index (χ0) is 25.9. The van der Waals surface area contributed by atoms with Crippen LogP contribution in [0.2, 0.25) is 0 Å². The Bertz CT molecular complexity index is 1420. The Hall–Kier alpha value is -3.71. The highest BCUT2D eigenvalue weighted by molar-refractivity contribution is 7.80. The normalized spacial score (nSPS) is 20.0. The van der Waals surface area contributed by atoms with Crippen LogP contribution in [0.1, 0.15) is 68.0 Å². The van der Waals surface area contributed by atoms with Gasteiger partial charge in [0, 0.05) is 48.2 Å². The summed E-state index contributed by atoms with van der Waals surface area (Å²) in [6.45, 7) is 0.520. The largest absolute Gasteiger partial charge is 0.352 e. The van der Waals surface area contributed by atoms with E-state index in [2.05, 4.69) is 61.6 Å². The number of nitrogens with one attached hydrogen (secondary N) is 2. The van der Waals surface area contributed by atoms with Crippen LogP contribution < -0.4 is 10.6 Å². The maximum atomic E-state index is 13.2. The minimum Gasteiger partial charge on any atom is -0.352 e. The van der Waals surface area contributed by atoms with E-state index in [9.17, 15) is 4.79 Å². The number of hydrogen-bond acceptors (Lipinski definition) is 3. The summed E-state index contributed by atoms with van der Waals surface area (Å²) in [7, 11) is 0.